The van der Waals surface area contributed by atoms with E-state index in [0.717, 1.165) is 0 Å². The standard InChI is InChI=1S/C9H9F3N8/c10-9(11,12)8(1-2-8)19-6-16-5(13)17-7(18-6)20-4-14-3-15-20/h3-4H,1-2H2,(H3,13,16,17,18,19). The minimum absolute atomic E-state index is 0.00419. The molecule has 0 spiro atoms. The molecule has 1 aliphatic carbocycles. The number of halogens is 3. The zero-order chi connectivity index (χ0) is 14.4. The van der Waals surface area contributed by atoms with E-state index in [4.69, 9.17) is 5.73 Å². The van der Waals surface area contributed by atoms with Crippen LogP contribution in [0.3, 0.4) is 0 Å². The summed E-state index contributed by atoms with van der Waals surface area (Å²) in [5.41, 5.74) is 3.50. The summed E-state index contributed by atoms with van der Waals surface area (Å²) in [5, 5.41) is 6.06. The van der Waals surface area contributed by atoms with Crippen molar-refractivity contribution in [3.8, 4) is 5.95 Å². The van der Waals surface area contributed by atoms with Crippen molar-refractivity contribution in [3.63, 3.8) is 0 Å². The molecule has 20 heavy (non-hydrogen) atoms. The first kappa shape index (κ1) is 12.6. The second-order valence-electron chi connectivity index (χ2n) is 4.36. The Morgan fingerprint density at radius 3 is 2.55 bits per heavy atom. The van der Waals surface area contributed by atoms with Crippen LogP contribution in [0.15, 0.2) is 12.7 Å². The Morgan fingerprint density at radius 2 is 2.00 bits per heavy atom. The average molecular weight is 286 g/mol. The maximum Gasteiger partial charge on any atom is 0.411 e. The van der Waals surface area contributed by atoms with Crippen LogP contribution in [0, 0.1) is 0 Å². The monoisotopic (exact) mass is 286 g/mol. The first-order chi connectivity index (χ1) is 9.40. The van der Waals surface area contributed by atoms with Crippen LogP contribution in [0.5, 0.6) is 0 Å². The molecule has 0 atom stereocenters. The molecule has 0 unspecified atom stereocenters. The van der Waals surface area contributed by atoms with Crippen molar-refractivity contribution < 1.29 is 13.2 Å². The summed E-state index contributed by atoms with van der Waals surface area (Å²) < 4.78 is 39.8. The van der Waals surface area contributed by atoms with E-state index < -0.39 is 11.7 Å². The summed E-state index contributed by atoms with van der Waals surface area (Å²) in [7, 11) is 0. The van der Waals surface area contributed by atoms with Crippen LogP contribution in [0.1, 0.15) is 12.8 Å². The molecule has 3 rings (SSSR count). The van der Waals surface area contributed by atoms with Gasteiger partial charge in [-0.05, 0) is 12.8 Å². The fourth-order valence-electron chi connectivity index (χ4n) is 1.67. The fraction of sp³-hybridized carbons (Fsp3) is 0.444. The molecular weight excluding hydrogens is 277 g/mol. The number of alkyl halides is 3. The maximum absolute atomic E-state index is 12.9. The van der Waals surface area contributed by atoms with Crippen molar-refractivity contribution in [2.24, 2.45) is 0 Å². The van der Waals surface area contributed by atoms with E-state index >= 15 is 0 Å². The van der Waals surface area contributed by atoms with E-state index in [1.165, 1.54) is 17.3 Å². The summed E-state index contributed by atoms with van der Waals surface area (Å²) in [6.45, 7) is 0. The minimum Gasteiger partial charge on any atom is -0.368 e. The van der Waals surface area contributed by atoms with Gasteiger partial charge in [-0.3, -0.25) is 0 Å². The molecule has 0 bridgehead atoms. The van der Waals surface area contributed by atoms with Gasteiger partial charge in [0, 0.05) is 0 Å². The first-order valence-corrected chi connectivity index (χ1v) is 5.61. The second-order valence-corrected chi connectivity index (χ2v) is 4.36. The van der Waals surface area contributed by atoms with E-state index in [2.05, 4.69) is 30.4 Å². The molecular formula is C9H9F3N8. The van der Waals surface area contributed by atoms with Crippen LogP contribution in [-0.2, 0) is 0 Å². The van der Waals surface area contributed by atoms with Crippen molar-refractivity contribution in [1.82, 2.24) is 29.7 Å². The number of nitrogens with two attached hydrogens (primary N) is 1. The van der Waals surface area contributed by atoms with Crippen LogP contribution in [-0.4, -0.2) is 41.4 Å². The van der Waals surface area contributed by atoms with Gasteiger partial charge in [0.15, 0.2) is 0 Å². The number of nitrogens with one attached hydrogen (secondary N) is 1. The quantitative estimate of drug-likeness (QED) is 0.847. The molecule has 1 aliphatic rings. The van der Waals surface area contributed by atoms with Gasteiger partial charge in [0.2, 0.25) is 11.9 Å². The zero-order valence-electron chi connectivity index (χ0n) is 9.96. The molecule has 3 N–H and O–H groups in total. The minimum atomic E-state index is -4.37. The van der Waals surface area contributed by atoms with Crippen LogP contribution in [0.4, 0.5) is 25.1 Å². The van der Waals surface area contributed by atoms with Gasteiger partial charge in [-0.1, -0.05) is 0 Å². The molecule has 0 amide bonds. The highest BCUT2D eigenvalue weighted by Gasteiger charge is 2.64. The third-order valence-electron chi connectivity index (χ3n) is 2.91. The third kappa shape index (κ3) is 2.10. The molecule has 2 heterocycles. The zero-order valence-corrected chi connectivity index (χ0v) is 9.96. The number of aromatic nitrogens is 6. The lowest BCUT2D eigenvalue weighted by atomic mass is 10.3. The highest BCUT2D eigenvalue weighted by atomic mass is 19.4. The van der Waals surface area contributed by atoms with E-state index in [-0.39, 0.29) is 30.7 Å². The van der Waals surface area contributed by atoms with E-state index in [1.807, 2.05) is 0 Å². The number of nitrogen functional groups attached to an aromatic ring is 1. The molecule has 2 aromatic rings. The van der Waals surface area contributed by atoms with Crippen molar-refractivity contribution in [2.45, 2.75) is 24.6 Å². The van der Waals surface area contributed by atoms with Gasteiger partial charge in [0.1, 0.15) is 18.2 Å². The molecule has 1 saturated carbocycles. The SMILES string of the molecule is Nc1nc(NC2(C(F)(F)F)CC2)nc(-n2cncn2)n1. The largest absolute Gasteiger partial charge is 0.411 e. The van der Waals surface area contributed by atoms with Crippen molar-refractivity contribution in [1.29, 1.82) is 0 Å². The van der Waals surface area contributed by atoms with Crippen LogP contribution in [0.2, 0.25) is 0 Å². The number of rotatable bonds is 3. The predicted octanol–water partition coefficient (Wildman–Crippen LogP) is 0.541. The average Bonchev–Trinajstić information content (AvgIpc) is 2.94. The van der Waals surface area contributed by atoms with Crippen LogP contribution in [0.25, 0.3) is 5.95 Å². The lowest BCUT2D eigenvalue weighted by molar-refractivity contribution is -0.151. The van der Waals surface area contributed by atoms with Gasteiger partial charge >= 0.3 is 6.18 Å². The van der Waals surface area contributed by atoms with Crippen molar-refractivity contribution in [2.75, 3.05) is 11.1 Å². The molecule has 1 fully saturated rings. The summed E-state index contributed by atoms with van der Waals surface area (Å²) >= 11 is 0. The van der Waals surface area contributed by atoms with Crippen molar-refractivity contribution >= 4 is 11.9 Å². The predicted molar refractivity (Wildman–Crippen MR) is 60.8 cm³/mol. The Labute approximate surface area is 110 Å². The van der Waals surface area contributed by atoms with Gasteiger partial charge in [0.05, 0.1) is 0 Å². The van der Waals surface area contributed by atoms with Gasteiger partial charge in [-0.2, -0.15) is 37.9 Å². The van der Waals surface area contributed by atoms with E-state index in [9.17, 15) is 13.2 Å². The first-order valence-electron chi connectivity index (χ1n) is 5.61. The summed E-state index contributed by atoms with van der Waals surface area (Å²) in [5.74, 6) is -0.445. The second kappa shape index (κ2) is 4.02. The van der Waals surface area contributed by atoms with Crippen LogP contribution < -0.4 is 11.1 Å². The highest BCUT2D eigenvalue weighted by molar-refractivity contribution is 5.40. The topological polar surface area (TPSA) is 107 Å². The number of anilines is 2. The van der Waals surface area contributed by atoms with E-state index in [0.29, 0.717) is 0 Å². The maximum atomic E-state index is 12.9. The third-order valence-corrected chi connectivity index (χ3v) is 2.91. The fourth-order valence-corrected chi connectivity index (χ4v) is 1.67. The molecule has 11 heteroatoms. The molecule has 2 aromatic heterocycles. The summed E-state index contributed by atoms with van der Waals surface area (Å²) in [6, 6.07) is 0. The van der Waals surface area contributed by atoms with Gasteiger partial charge < -0.3 is 11.1 Å². The summed E-state index contributed by atoms with van der Waals surface area (Å²) in [4.78, 5) is 15.0. The molecule has 0 aliphatic heterocycles. The Hall–Kier alpha value is -2.46. The Balaban J connectivity index is 1.92. The molecule has 106 valence electrons. The van der Waals surface area contributed by atoms with Crippen molar-refractivity contribution in [3.05, 3.63) is 12.7 Å². The Morgan fingerprint density at radius 1 is 1.25 bits per heavy atom. The van der Waals surface area contributed by atoms with E-state index in [1.54, 1.807) is 0 Å². The highest BCUT2D eigenvalue weighted by Crippen LogP contribution is 2.50. The lowest BCUT2D eigenvalue weighted by Gasteiger charge is -2.20. The Bertz CT molecular complexity index is 619. The molecule has 0 saturated heterocycles. The lowest BCUT2D eigenvalue weighted by Crippen LogP contribution is -2.39. The van der Waals surface area contributed by atoms with Gasteiger partial charge in [-0.15, -0.1) is 0 Å². The molecule has 0 aromatic carbocycles. The molecule has 0 radical (unpaired) electrons. The molecule has 8 nitrogen and oxygen atoms in total. The Kier molecular flexibility index (Phi) is 2.52. The van der Waals surface area contributed by atoms with Gasteiger partial charge in [-0.25, -0.2) is 4.98 Å². The summed E-state index contributed by atoms with van der Waals surface area (Å²) in [6.07, 6.45) is -1.89. The smallest absolute Gasteiger partial charge is 0.368 e. The van der Waals surface area contributed by atoms with Crippen LogP contribution >= 0.6 is 0 Å². The normalized spacial score (nSPS) is 16.9. The number of hydrogen-bond donors (Lipinski definition) is 2. The van der Waals surface area contributed by atoms with Gasteiger partial charge in [0.25, 0.3) is 5.95 Å². The number of hydrogen-bond acceptors (Lipinski definition) is 7. The number of nitrogens with zero attached hydrogens (tertiary/aromatic N) is 6.